The normalized spacial score (nSPS) is 19.3. The number of rotatable bonds is 2. The monoisotopic (exact) mass is 241 g/mol. The molecule has 3 nitrogen and oxygen atoms in total. The third-order valence-electron chi connectivity index (χ3n) is 2.17. The summed E-state index contributed by atoms with van der Waals surface area (Å²) < 4.78 is 0. The second kappa shape index (κ2) is 5.96. The molecule has 0 saturated carbocycles. The molecule has 0 spiro atoms. The molecule has 1 saturated heterocycles. The summed E-state index contributed by atoms with van der Waals surface area (Å²) in [4.78, 5) is 4.23. The summed E-state index contributed by atoms with van der Waals surface area (Å²) >= 11 is 1.76. The molecule has 1 atom stereocenters. The lowest BCUT2D eigenvalue weighted by molar-refractivity contribution is 0.858. The first-order chi connectivity index (χ1) is 6.88. The Bertz CT molecular complexity index is 358. The van der Waals surface area contributed by atoms with Gasteiger partial charge in [0.15, 0.2) is 0 Å². The van der Waals surface area contributed by atoms with Gasteiger partial charge in [-0.2, -0.15) is 5.26 Å². The van der Waals surface area contributed by atoms with Crippen molar-refractivity contribution in [3.8, 4) is 6.07 Å². The van der Waals surface area contributed by atoms with E-state index >= 15 is 0 Å². The highest BCUT2D eigenvalue weighted by Gasteiger charge is 2.16. The Hall–Kier alpha value is -0.760. The Morgan fingerprint density at radius 1 is 1.60 bits per heavy atom. The molecule has 1 unspecified atom stereocenters. The van der Waals surface area contributed by atoms with E-state index in [1.54, 1.807) is 24.0 Å². The summed E-state index contributed by atoms with van der Waals surface area (Å²) in [6, 6.07) is 5.71. The van der Waals surface area contributed by atoms with Gasteiger partial charge >= 0.3 is 0 Å². The zero-order chi connectivity index (χ0) is 9.80. The minimum Gasteiger partial charge on any atom is -0.316 e. The largest absolute Gasteiger partial charge is 0.316 e. The highest BCUT2D eigenvalue weighted by atomic mass is 35.5. The molecule has 1 fully saturated rings. The quantitative estimate of drug-likeness (QED) is 0.858. The molecule has 0 radical (unpaired) electrons. The molecule has 0 amide bonds. The number of nitrogens with one attached hydrogen (secondary N) is 1. The smallest absolute Gasteiger partial charge is 0.0993 e. The third kappa shape index (κ3) is 3.38. The zero-order valence-electron chi connectivity index (χ0n) is 8.14. The molecule has 0 bridgehead atoms. The van der Waals surface area contributed by atoms with Gasteiger partial charge in [0.05, 0.1) is 16.7 Å². The number of halogens is 1. The van der Waals surface area contributed by atoms with E-state index in [-0.39, 0.29) is 12.4 Å². The van der Waals surface area contributed by atoms with Gasteiger partial charge in [-0.15, -0.1) is 24.2 Å². The lowest BCUT2D eigenvalue weighted by atomic mass is 10.3. The lowest BCUT2D eigenvalue weighted by Gasteiger charge is -2.06. The number of aromatic nitrogens is 1. The van der Waals surface area contributed by atoms with E-state index in [0.717, 1.165) is 18.1 Å². The van der Waals surface area contributed by atoms with Crippen molar-refractivity contribution in [2.24, 2.45) is 0 Å². The highest BCUT2D eigenvalue weighted by molar-refractivity contribution is 7.99. The molecule has 15 heavy (non-hydrogen) atoms. The van der Waals surface area contributed by atoms with Crippen LogP contribution < -0.4 is 5.32 Å². The minimum absolute atomic E-state index is 0. The van der Waals surface area contributed by atoms with E-state index in [9.17, 15) is 0 Å². The zero-order valence-corrected chi connectivity index (χ0v) is 9.77. The van der Waals surface area contributed by atoms with Crippen LogP contribution in [0.15, 0.2) is 23.4 Å². The van der Waals surface area contributed by atoms with Crippen LogP contribution in [0.2, 0.25) is 0 Å². The predicted molar refractivity (Wildman–Crippen MR) is 63.3 cm³/mol. The average Bonchev–Trinajstić information content (AvgIpc) is 2.71. The van der Waals surface area contributed by atoms with Gasteiger partial charge in [0.1, 0.15) is 0 Å². The van der Waals surface area contributed by atoms with Crippen LogP contribution in [0.25, 0.3) is 0 Å². The van der Waals surface area contributed by atoms with Crippen LogP contribution in [0.3, 0.4) is 0 Å². The topological polar surface area (TPSA) is 48.7 Å². The highest BCUT2D eigenvalue weighted by Crippen LogP contribution is 2.25. The van der Waals surface area contributed by atoms with Gasteiger partial charge in [0, 0.05) is 18.0 Å². The van der Waals surface area contributed by atoms with Crippen molar-refractivity contribution in [1.29, 1.82) is 5.26 Å². The molecule has 2 rings (SSSR count). The first-order valence-electron chi connectivity index (χ1n) is 4.62. The molecule has 2 heterocycles. The van der Waals surface area contributed by atoms with Crippen molar-refractivity contribution in [2.75, 3.05) is 13.1 Å². The molecule has 1 aliphatic heterocycles. The fourth-order valence-corrected chi connectivity index (χ4v) is 2.54. The maximum Gasteiger partial charge on any atom is 0.0993 e. The average molecular weight is 242 g/mol. The van der Waals surface area contributed by atoms with Gasteiger partial charge in [0.2, 0.25) is 0 Å². The lowest BCUT2D eigenvalue weighted by Crippen LogP contribution is -2.10. The van der Waals surface area contributed by atoms with Crippen LogP contribution in [0.1, 0.15) is 12.0 Å². The maximum atomic E-state index is 8.72. The number of nitriles is 1. The van der Waals surface area contributed by atoms with Crippen molar-refractivity contribution >= 4 is 24.2 Å². The second-order valence-electron chi connectivity index (χ2n) is 3.23. The molecule has 1 aromatic heterocycles. The van der Waals surface area contributed by atoms with Gasteiger partial charge in [-0.25, -0.2) is 4.98 Å². The molecular weight excluding hydrogens is 230 g/mol. The molecule has 1 aliphatic rings. The Morgan fingerprint density at radius 3 is 3.13 bits per heavy atom. The number of pyridine rings is 1. The molecule has 0 aliphatic carbocycles. The number of hydrogen-bond acceptors (Lipinski definition) is 4. The number of nitrogens with zero attached hydrogens (tertiary/aromatic N) is 2. The van der Waals surface area contributed by atoms with Gasteiger partial charge < -0.3 is 5.32 Å². The molecule has 1 aromatic rings. The van der Waals surface area contributed by atoms with Gasteiger partial charge in [-0.1, -0.05) is 0 Å². The Balaban J connectivity index is 0.00000112. The van der Waals surface area contributed by atoms with Crippen molar-refractivity contribution in [1.82, 2.24) is 10.3 Å². The van der Waals surface area contributed by atoms with E-state index in [1.807, 2.05) is 6.07 Å². The summed E-state index contributed by atoms with van der Waals surface area (Å²) in [5.41, 5.74) is 0.688. The van der Waals surface area contributed by atoms with Crippen LogP contribution in [-0.2, 0) is 0 Å². The SMILES string of the molecule is Cl.N#Cc1ccnc(SC2CCNC2)c1. The Kier molecular flexibility index (Phi) is 4.89. The summed E-state index contributed by atoms with van der Waals surface area (Å²) in [6.07, 6.45) is 2.88. The van der Waals surface area contributed by atoms with E-state index in [1.165, 1.54) is 6.42 Å². The van der Waals surface area contributed by atoms with Crippen LogP contribution in [0.4, 0.5) is 0 Å². The number of hydrogen-bond donors (Lipinski definition) is 1. The molecule has 0 aromatic carbocycles. The van der Waals surface area contributed by atoms with Gasteiger partial charge in [-0.3, -0.25) is 0 Å². The molecule has 80 valence electrons. The maximum absolute atomic E-state index is 8.72. The van der Waals surface area contributed by atoms with E-state index in [2.05, 4.69) is 16.4 Å². The summed E-state index contributed by atoms with van der Waals surface area (Å²) in [5.74, 6) is 0. The van der Waals surface area contributed by atoms with Crippen molar-refractivity contribution in [3.05, 3.63) is 23.9 Å². The van der Waals surface area contributed by atoms with E-state index in [4.69, 9.17) is 5.26 Å². The molecule has 5 heteroatoms. The van der Waals surface area contributed by atoms with Crippen LogP contribution in [0, 0.1) is 11.3 Å². The Morgan fingerprint density at radius 2 is 2.47 bits per heavy atom. The number of thioether (sulfide) groups is 1. The standard InChI is InChI=1S/C10H11N3S.ClH/c11-6-8-1-4-13-10(5-8)14-9-2-3-12-7-9;/h1,4-5,9,12H,2-3,7H2;1H. The van der Waals surface area contributed by atoms with Gasteiger partial charge in [0.25, 0.3) is 0 Å². The summed E-state index contributed by atoms with van der Waals surface area (Å²) in [5, 5.41) is 13.6. The summed E-state index contributed by atoms with van der Waals surface area (Å²) in [7, 11) is 0. The Labute approximate surface area is 99.7 Å². The van der Waals surface area contributed by atoms with Crippen LogP contribution in [-0.4, -0.2) is 23.3 Å². The van der Waals surface area contributed by atoms with Crippen molar-refractivity contribution in [2.45, 2.75) is 16.7 Å². The van der Waals surface area contributed by atoms with Crippen LogP contribution >= 0.6 is 24.2 Å². The first-order valence-corrected chi connectivity index (χ1v) is 5.50. The first kappa shape index (κ1) is 12.3. The predicted octanol–water partition coefficient (Wildman–Crippen LogP) is 1.83. The third-order valence-corrected chi connectivity index (χ3v) is 3.37. The van der Waals surface area contributed by atoms with E-state index < -0.39 is 0 Å². The summed E-state index contributed by atoms with van der Waals surface area (Å²) in [6.45, 7) is 2.14. The molecular formula is C10H12ClN3S. The molecule has 1 N–H and O–H groups in total. The minimum atomic E-state index is 0. The van der Waals surface area contributed by atoms with Gasteiger partial charge in [-0.05, 0) is 25.1 Å². The van der Waals surface area contributed by atoms with E-state index in [0.29, 0.717) is 10.8 Å². The fourth-order valence-electron chi connectivity index (χ4n) is 1.44. The van der Waals surface area contributed by atoms with Crippen molar-refractivity contribution < 1.29 is 0 Å². The van der Waals surface area contributed by atoms with Crippen molar-refractivity contribution in [3.63, 3.8) is 0 Å². The fraction of sp³-hybridized carbons (Fsp3) is 0.400. The van der Waals surface area contributed by atoms with Crippen LogP contribution in [0.5, 0.6) is 0 Å². The second-order valence-corrected chi connectivity index (χ2v) is 4.55.